The molecule has 0 aliphatic heterocycles. The van der Waals surface area contributed by atoms with Gasteiger partial charge in [0.05, 0.1) is 37.6 Å². The molecule has 0 heterocycles. The number of carbonyl (C=O) groups excluding carboxylic acids is 4. The highest BCUT2D eigenvalue weighted by molar-refractivity contribution is 5.92. The Balaban J connectivity index is 1.31. The molecule has 3 aromatic carbocycles. The molecule has 48 heavy (non-hydrogen) atoms. The molecule has 0 aliphatic rings. The second kappa shape index (κ2) is 21.4. The van der Waals surface area contributed by atoms with Crippen LogP contribution in [0.2, 0.25) is 0 Å². The molecule has 3 aromatic rings. The lowest BCUT2D eigenvalue weighted by Crippen LogP contribution is -2.10. The highest BCUT2D eigenvalue weighted by atomic mass is 16.5. The average molecular weight is 659 g/mol. The Hall–Kier alpha value is -5.38. The first-order chi connectivity index (χ1) is 23.4. The van der Waals surface area contributed by atoms with Crippen LogP contribution in [0.15, 0.2) is 98.1 Å². The molecule has 10 nitrogen and oxygen atoms in total. The summed E-state index contributed by atoms with van der Waals surface area (Å²) in [6, 6.07) is 19.6. The Kier molecular flexibility index (Phi) is 16.5. The minimum absolute atomic E-state index is 0.303. The standard InChI is InChI=1S/C38H42O10/c1-3-35(39)45-27-11-7-5-9-25-43-31-17-13-29(14-18-31)37(41)47-33-21-23-34(24-22-33)48-38(42)30-15-19-32(20-16-30)44-26-10-6-8-12-28-46-36(40)4-2/h3-4,13-24H,1-2,5-12,25-28H2. The fourth-order valence-electron chi connectivity index (χ4n) is 4.24. The van der Waals surface area contributed by atoms with Gasteiger partial charge in [0.15, 0.2) is 0 Å². The number of carbonyl (C=O) groups is 4. The number of unbranched alkanes of at least 4 members (excludes halogenated alkanes) is 6. The number of hydrogen-bond acceptors (Lipinski definition) is 10. The molecule has 0 atom stereocenters. The molecule has 0 N–H and O–H groups in total. The third kappa shape index (κ3) is 14.4. The summed E-state index contributed by atoms with van der Waals surface area (Å²) in [6.07, 6.45) is 9.34. The molecule has 0 amide bonds. The summed E-state index contributed by atoms with van der Waals surface area (Å²) in [5, 5.41) is 0. The zero-order valence-electron chi connectivity index (χ0n) is 27.1. The first-order valence-corrected chi connectivity index (χ1v) is 16.0. The minimum atomic E-state index is -0.530. The van der Waals surface area contributed by atoms with Crippen LogP contribution in [0.3, 0.4) is 0 Å². The van der Waals surface area contributed by atoms with Crippen molar-refractivity contribution in [2.24, 2.45) is 0 Å². The number of hydrogen-bond donors (Lipinski definition) is 0. The molecule has 0 saturated heterocycles. The Bertz CT molecular complexity index is 1350. The molecule has 254 valence electrons. The summed E-state index contributed by atoms with van der Waals surface area (Å²) in [4.78, 5) is 47.2. The van der Waals surface area contributed by atoms with Crippen molar-refractivity contribution in [1.82, 2.24) is 0 Å². The van der Waals surface area contributed by atoms with Crippen molar-refractivity contribution < 1.29 is 47.6 Å². The molecule has 0 unspecified atom stereocenters. The third-order valence-electron chi connectivity index (χ3n) is 6.86. The Morgan fingerprint density at radius 2 is 0.750 bits per heavy atom. The van der Waals surface area contributed by atoms with Gasteiger partial charge in [-0.15, -0.1) is 0 Å². The van der Waals surface area contributed by atoms with Gasteiger partial charge in [-0.2, -0.15) is 0 Å². The molecule has 0 aliphatic carbocycles. The van der Waals surface area contributed by atoms with Crippen LogP contribution in [0.1, 0.15) is 72.1 Å². The molecule has 0 spiro atoms. The summed E-state index contributed by atoms with van der Waals surface area (Å²) in [5.41, 5.74) is 0.728. The summed E-state index contributed by atoms with van der Waals surface area (Å²) in [5.74, 6) is 0.0267. The van der Waals surface area contributed by atoms with Crippen molar-refractivity contribution in [3.8, 4) is 23.0 Å². The van der Waals surface area contributed by atoms with E-state index < -0.39 is 23.9 Å². The topological polar surface area (TPSA) is 124 Å². The maximum atomic E-state index is 12.6. The summed E-state index contributed by atoms with van der Waals surface area (Å²) >= 11 is 0. The summed E-state index contributed by atoms with van der Waals surface area (Å²) < 4.78 is 32.3. The van der Waals surface area contributed by atoms with Gasteiger partial charge in [0.25, 0.3) is 0 Å². The number of rotatable bonds is 22. The van der Waals surface area contributed by atoms with Gasteiger partial charge in [-0.3, -0.25) is 0 Å². The Morgan fingerprint density at radius 1 is 0.438 bits per heavy atom. The zero-order chi connectivity index (χ0) is 34.4. The monoisotopic (exact) mass is 658 g/mol. The fraction of sp³-hybridized carbons (Fsp3) is 0.316. The van der Waals surface area contributed by atoms with Crippen molar-refractivity contribution in [2.75, 3.05) is 26.4 Å². The second-order valence-corrected chi connectivity index (χ2v) is 10.6. The molecule has 0 aromatic heterocycles. The van der Waals surface area contributed by atoms with E-state index >= 15 is 0 Å². The van der Waals surface area contributed by atoms with Crippen molar-refractivity contribution in [3.63, 3.8) is 0 Å². The van der Waals surface area contributed by atoms with Crippen LogP contribution >= 0.6 is 0 Å². The van der Waals surface area contributed by atoms with E-state index in [0.717, 1.165) is 63.5 Å². The van der Waals surface area contributed by atoms with Gasteiger partial charge in [-0.05, 0) is 124 Å². The van der Waals surface area contributed by atoms with Crippen LogP contribution in [-0.4, -0.2) is 50.3 Å². The predicted molar refractivity (Wildman–Crippen MR) is 179 cm³/mol. The van der Waals surface area contributed by atoms with Crippen LogP contribution in [0, 0.1) is 0 Å². The highest BCUT2D eigenvalue weighted by Crippen LogP contribution is 2.22. The van der Waals surface area contributed by atoms with Gasteiger partial charge in [0.2, 0.25) is 0 Å². The maximum absolute atomic E-state index is 12.6. The smallest absolute Gasteiger partial charge is 0.343 e. The van der Waals surface area contributed by atoms with Crippen LogP contribution in [-0.2, 0) is 19.1 Å². The van der Waals surface area contributed by atoms with Crippen molar-refractivity contribution >= 4 is 23.9 Å². The average Bonchev–Trinajstić information content (AvgIpc) is 3.11. The van der Waals surface area contributed by atoms with Gasteiger partial charge in [-0.1, -0.05) is 13.2 Å². The molecule has 3 rings (SSSR count). The van der Waals surface area contributed by atoms with Crippen molar-refractivity contribution in [3.05, 3.63) is 109 Å². The predicted octanol–water partition coefficient (Wildman–Crippen LogP) is 7.46. The Labute approximate surface area is 281 Å². The lowest BCUT2D eigenvalue weighted by Gasteiger charge is -2.09. The number of ether oxygens (including phenoxy) is 6. The third-order valence-corrected chi connectivity index (χ3v) is 6.86. The Morgan fingerprint density at radius 3 is 1.08 bits per heavy atom. The van der Waals surface area contributed by atoms with E-state index in [9.17, 15) is 19.2 Å². The van der Waals surface area contributed by atoms with E-state index in [0.29, 0.717) is 60.6 Å². The molecular weight excluding hydrogens is 616 g/mol. The minimum Gasteiger partial charge on any atom is -0.494 e. The van der Waals surface area contributed by atoms with Gasteiger partial charge < -0.3 is 28.4 Å². The van der Waals surface area contributed by atoms with E-state index in [-0.39, 0.29) is 0 Å². The largest absolute Gasteiger partial charge is 0.494 e. The normalized spacial score (nSPS) is 10.3. The first kappa shape index (κ1) is 37.1. The molecule has 0 radical (unpaired) electrons. The quantitative estimate of drug-likeness (QED) is 0.0465. The molecule has 0 fully saturated rings. The summed E-state index contributed by atoms with van der Waals surface area (Å²) in [7, 11) is 0. The van der Waals surface area contributed by atoms with Crippen LogP contribution in [0.25, 0.3) is 0 Å². The van der Waals surface area contributed by atoms with Crippen LogP contribution in [0.4, 0.5) is 0 Å². The van der Waals surface area contributed by atoms with Gasteiger partial charge in [-0.25, -0.2) is 19.2 Å². The van der Waals surface area contributed by atoms with E-state index in [2.05, 4.69) is 13.2 Å². The molecule has 0 saturated carbocycles. The van der Waals surface area contributed by atoms with Crippen molar-refractivity contribution in [1.29, 1.82) is 0 Å². The highest BCUT2D eigenvalue weighted by Gasteiger charge is 2.12. The fourth-order valence-corrected chi connectivity index (χ4v) is 4.24. The summed E-state index contributed by atoms with van der Waals surface area (Å²) in [6.45, 7) is 8.56. The maximum Gasteiger partial charge on any atom is 0.343 e. The van der Waals surface area contributed by atoms with E-state index in [1.54, 1.807) is 72.8 Å². The lowest BCUT2D eigenvalue weighted by atomic mass is 10.2. The lowest BCUT2D eigenvalue weighted by molar-refractivity contribution is -0.138. The van der Waals surface area contributed by atoms with Crippen LogP contribution in [0.5, 0.6) is 23.0 Å². The van der Waals surface area contributed by atoms with E-state index in [1.165, 1.54) is 0 Å². The van der Waals surface area contributed by atoms with Gasteiger partial charge >= 0.3 is 23.9 Å². The number of benzene rings is 3. The zero-order valence-corrected chi connectivity index (χ0v) is 27.1. The number of esters is 4. The van der Waals surface area contributed by atoms with E-state index in [1.807, 2.05) is 0 Å². The SMILES string of the molecule is C=CC(=O)OCCCCCCOc1ccc(C(=O)Oc2ccc(OC(=O)c3ccc(OCCCCCCOC(=O)C=C)cc3)cc2)cc1. The molecular formula is C38H42O10. The van der Waals surface area contributed by atoms with Crippen molar-refractivity contribution in [2.45, 2.75) is 51.4 Å². The van der Waals surface area contributed by atoms with Gasteiger partial charge in [0, 0.05) is 12.2 Å². The first-order valence-electron chi connectivity index (χ1n) is 16.0. The molecule has 0 bridgehead atoms. The van der Waals surface area contributed by atoms with Gasteiger partial charge in [0.1, 0.15) is 23.0 Å². The van der Waals surface area contributed by atoms with Crippen LogP contribution < -0.4 is 18.9 Å². The second-order valence-electron chi connectivity index (χ2n) is 10.6. The molecule has 10 heteroatoms. The van der Waals surface area contributed by atoms with E-state index in [4.69, 9.17) is 28.4 Å².